The number of imidazole rings is 1. The molecule has 2 aromatic rings. The maximum absolute atomic E-state index is 11.1. The van der Waals surface area contributed by atoms with E-state index < -0.39 is 0 Å². The molecule has 1 aromatic carbocycles. The fraction of sp³-hybridized carbons (Fsp3) is 0.333. The zero-order valence-electron chi connectivity index (χ0n) is 10.1. The van der Waals surface area contributed by atoms with Crippen LogP contribution in [0.5, 0.6) is 0 Å². The molecule has 0 fully saturated rings. The summed E-state index contributed by atoms with van der Waals surface area (Å²) < 4.78 is 4.80. The molecule has 6 nitrogen and oxygen atoms in total. The zero-order chi connectivity index (χ0) is 13.0. The van der Waals surface area contributed by atoms with Gasteiger partial charge in [-0.25, -0.2) is 4.79 Å². The lowest BCUT2D eigenvalue weighted by atomic mass is 10.2. The Balaban J connectivity index is 1.95. The summed E-state index contributed by atoms with van der Waals surface area (Å²) in [5.74, 6) is -0.270. The van der Waals surface area contributed by atoms with Crippen LogP contribution < -0.4 is 11.0 Å². The minimum absolute atomic E-state index is 0.176. The van der Waals surface area contributed by atoms with Crippen molar-refractivity contribution in [1.29, 1.82) is 0 Å². The van der Waals surface area contributed by atoms with Crippen molar-refractivity contribution >= 4 is 17.0 Å². The predicted molar refractivity (Wildman–Crippen MR) is 67.3 cm³/mol. The van der Waals surface area contributed by atoms with Crippen LogP contribution in [0.15, 0.2) is 23.0 Å². The van der Waals surface area contributed by atoms with E-state index in [0.717, 1.165) is 16.6 Å². The number of ether oxygens (including phenoxy) is 1. The molecule has 18 heavy (non-hydrogen) atoms. The van der Waals surface area contributed by atoms with Gasteiger partial charge < -0.3 is 20.0 Å². The van der Waals surface area contributed by atoms with Crippen LogP contribution in [0.3, 0.4) is 0 Å². The van der Waals surface area contributed by atoms with Gasteiger partial charge in [-0.2, -0.15) is 0 Å². The highest BCUT2D eigenvalue weighted by Gasteiger charge is 2.02. The highest BCUT2D eigenvalue weighted by Crippen LogP contribution is 2.09. The lowest BCUT2D eigenvalue weighted by Crippen LogP contribution is -2.24. The van der Waals surface area contributed by atoms with E-state index in [-0.39, 0.29) is 18.2 Å². The van der Waals surface area contributed by atoms with Gasteiger partial charge >= 0.3 is 11.7 Å². The number of aromatic nitrogens is 2. The molecule has 0 bridgehead atoms. The quantitative estimate of drug-likeness (QED) is 0.674. The van der Waals surface area contributed by atoms with E-state index >= 15 is 0 Å². The molecular weight excluding hydrogens is 234 g/mol. The molecule has 2 rings (SSSR count). The SMILES string of the molecule is CCOC(=O)CNCc1ccc2[nH]c(=O)[nH]c2c1. The molecule has 6 heteroatoms. The Morgan fingerprint density at radius 2 is 2.11 bits per heavy atom. The second kappa shape index (κ2) is 5.50. The Hall–Kier alpha value is -2.08. The van der Waals surface area contributed by atoms with Crippen LogP contribution in [0.2, 0.25) is 0 Å². The smallest absolute Gasteiger partial charge is 0.323 e. The first-order chi connectivity index (χ1) is 8.69. The molecule has 0 atom stereocenters. The van der Waals surface area contributed by atoms with Crippen molar-refractivity contribution in [2.24, 2.45) is 0 Å². The average molecular weight is 249 g/mol. The highest BCUT2D eigenvalue weighted by atomic mass is 16.5. The summed E-state index contributed by atoms with van der Waals surface area (Å²) in [7, 11) is 0. The molecule has 0 unspecified atom stereocenters. The van der Waals surface area contributed by atoms with Gasteiger partial charge in [0.05, 0.1) is 24.2 Å². The third kappa shape index (κ3) is 2.98. The number of aromatic amines is 2. The van der Waals surface area contributed by atoms with E-state index in [1.54, 1.807) is 6.92 Å². The molecule has 0 aliphatic heterocycles. The minimum Gasteiger partial charge on any atom is -0.465 e. The monoisotopic (exact) mass is 249 g/mol. The molecule has 3 N–H and O–H groups in total. The Labute approximate surface area is 103 Å². The predicted octanol–water partition coefficient (Wildman–Crippen LogP) is 0.509. The van der Waals surface area contributed by atoms with Crippen molar-refractivity contribution in [2.75, 3.05) is 13.2 Å². The van der Waals surface area contributed by atoms with Gasteiger partial charge in [-0.05, 0) is 24.6 Å². The largest absolute Gasteiger partial charge is 0.465 e. The van der Waals surface area contributed by atoms with Gasteiger partial charge in [0.15, 0.2) is 0 Å². The first-order valence-corrected chi connectivity index (χ1v) is 5.76. The Morgan fingerprint density at radius 1 is 1.33 bits per heavy atom. The summed E-state index contributed by atoms with van der Waals surface area (Å²) in [6.45, 7) is 2.88. The molecule has 0 amide bonds. The number of rotatable bonds is 5. The molecule has 0 saturated carbocycles. The molecule has 96 valence electrons. The van der Waals surface area contributed by atoms with Crippen molar-refractivity contribution in [3.05, 3.63) is 34.2 Å². The molecule has 1 heterocycles. The fourth-order valence-corrected chi connectivity index (χ4v) is 1.71. The topological polar surface area (TPSA) is 87.0 Å². The summed E-state index contributed by atoms with van der Waals surface area (Å²) in [4.78, 5) is 27.6. The Bertz CT molecular complexity index is 600. The fourth-order valence-electron chi connectivity index (χ4n) is 1.71. The van der Waals surface area contributed by atoms with Crippen molar-refractivity contribution in [1.82, 2.24) is 15.3 Å². The van der Waals surface area contributed by atoms with E-state index in [2.05, 4.69) is 15.3 Å². The lowest BCUT2D eigenvalue weighted by Gasteiger charge is -2.04. The van der Waals surface area contributed by atoms with Crippen LogP contribution in [0.4, 0.5) is 0 Å². The Kier molecular flexibility index (Phi) is 3.78. The second-order valence-electron chi connectivity index (χ2n) is 3.87. The molecule has 0 aliphatic rings. The molecular formula is C12H15N3O3. The number of esters is 1. The van der Waals surface area contributed by atoms with E-state index in [0.29, 0.717) is 13.2 Å². The van der Waals surface area contributed by atoms with E-state index in [1.807, 2.05) is 18.2 Å². The number of carbonyl (C=O) groups excluding carboxylic acids is 1. The summed E-state index contributed by atoms with van der Waals surface area (Å²) >= 11 is 0. The van der Waals surface area contributed by atoms with Crippen LogP contribution in [-0.2, 0) is 16.1 Å². The summed E-state index contributed by atoms with van der Waals surface area (Å²) in [6.07, 6.45) is 0. The second-order valence-corrected chi connectivity index (χ2v) is 3.87. The van der Waals surface area contributed by atoms with Crippen molar-refractivity contribution in [3.8, 4) is 0 Å². The van der Waals surface area contributed by atoms with E-state index in [9.17, 15) is 9.59 Å². The van der Waals surface area contributed by atoms with Gasteiger partial charge in [0.2, 0.25) is 0 Å². The maximum Gasteiger partial charge on any atom is 0.323 e. The van der Waals surface area contributed by atoms with Crippen LogP contribution in [0.25, 0.3) is 11.0 Å². The molecule has 0 saturated heterocycles. The van der Waals surface area contributed by atoms with Gasteiger partial charge in [-0.15, -0.1) is 0 Å². The molecule has 0 radical (unpaired) electrons. The lowest BCUT2D eigenvalue weighted by molar-refractivity contribution is -0.142. The normalized spacial score (nSPS) is 10.7. The van der Waals surface area contributed by atoms with E-state index in [4.69, 9.17) is 4.74 Å². The van der Waals surface area contributed by atoms with Gasteiger partial charge in [0.25, 0.3) is 0 Å². The summed E-state index contributed by atoms with van der Waals surface area (Å²) in [5, 5.41) is 2.98. The maximum atomic E-state index is 11.1. The molecule has 1 aromatic heterocycles. The number of H-pyrrole nitrogens is 2. The van der Waals surface area contributed by atoms with Crippen LogP contribution >= 0.6 is 0 Å². The standard InChI is InChI=1S/C12H15N3O3/c1-2-18-11(16)7-13-6-8-3-4-9-10(5-8)15-12(17)14-9/h3-5,13H,2,6-7H2,1H3,(H2,14,15,17). The van der Waals surface area contributed by atoms with Gasteiger partial charge in [-0.1, -0.05) is 6.07 Å². The average Bonchev–Trinajstić information content (AvgIpc) is 2.69. The number of carbonyl (C=O) groups is 1. The number of hydrogen-bond donors (Lipinski definition) is 3. The van der Waals surface area contributed by atoms with Crippen LogP contribution in [-0.4, -0.2) is 29.1 Å². The van der Waals surface area contributed by atoms with Gasteiger partial charge in [0, 0.05) is 6.54 Å². The van der Waals surface area contributed by atoms with Crippen molar-refractivity contribution < 1.29 is 9.53 Å². The van der Waals surface area contributed by atoms with Crippen molar-refractivity contribution in [3.63, 3.8) is 0 Å². The third-order valence-corrected chi connectivity index (χ3v) is 2.48. The minimum atomic E-state index is -0.270. The molecule has 0 spiro atoms. The number of fused-ring (bicyclic) bond motifs is 1. The van der Waals surface area contributed by atoms with Crippen LogP contribution in [0.1, 0.15) is 12.5 Å². The number of hydrogen-bond acceptors (Lipinski definition) is 4. The molecule has 0 aliphatic carbocycles. The number of benzene rings is 1. The summed E-state index contributed by atoms with van der Waals surface area (Å²) in [6, 6.07) is 5.59. The van der Waals surface area contributed by atoms with Gasteiger partial charge in [-0.3, -0.25) is 4.79 Å². The Morgan fingerprint density at radius 3 is 2.89 bits per heavy atom. The third-order valence-electron chi connectivity index (χ3n) is 2.48. The first kappa shape index (κ1) is 12.4. The summed E-state index contributed by atoms with van der Waals surface area (Å²) in [5.41, 5.74) is 2.30. The number of nitrogens with one attached hydrogen (secondary N) is 3. The highest BCUT2D eigenvalue weighted by molar-refractivity contribution is 5.75. The van der Waals surface area contributed by atoms with Crippen LogP contribution in [0, 0.1) is 0 Å². The zero-order valence-corrected chi connectivity index (χ0v) is 10.1. The van der Waals surface area contributed by atoms with E-state index in [1.165, 1.54) is 0 Å². The van der Waals surface area contributed by atoms with Gasteiger partial charge in [0.1, 0.15) is 0 Å². The van der Waals surface area contributed by atoms with Crippen molar-refractivity contribution in [2.45, 2.75) is 13.5 Å². The first-order valence-electron chi connectivity index (χ1n) is 5.76.